The summed E-state index contributed by atoms with van der Waals surface area (Å²) in [5.74, 6) is 0.382. The van der Waals surface area contributed by atoms with Gasteiger partial charge in [0.05, 0.1) is 19.3 Å². The van der Waals surface area contributed by atoms with E-state index in [0.717, 1.165) is 31.2 Å². The quantitative estimate of drug-likeness (QED) is 0.638. The van der Waals surface area contributed by atoms with Crippen LogP contribution in [0.5, 0.6) is 11.5 Å². The van der Waals surface area contributed by atoms with Crippen molar-refractivity contribution in [2.45, 2.75) is 43.7 Å². The molecule has 0 bridgehead atoms. The minimum atomic E-state index is -0.725. The molecule has 1 aliphatic heterocycles. The van der Waals surface area contributed by atoms with Crippen molar-refractivity contribution in [3.8, 4) is 11.5 Å². The first-order valence-corrected chi connectivity index (χ1v) is 11.2. The molecular formula is C24H29ClN2O4. The molecule has 166 valence electrons. The van der Waals surface area contributed by atoms with E-state index in [1.807, 2.05) is 12.1 Å². The molecule has 1 heterocycles. The van der Waals surface area contributed by atoms with Crippen molar-refractivity contribution < 1.29 is 19.7 Å². The third-order valence-corrected chi connectivity index (χ3v) is 6.94. The lowest BCUT2D eigenvalue weighted by Crippen LogP contribution is -2.56. The average molecular weight is 445 g/mol. The number of hydrogen-bond donors (Lipinski definition) is 3. The molecule has 7 heteroatoms. The van der Waals surface area contributed by atoms with Crippen molar-refractivity contribution in [1.29, 1.82) is 0 Å². The molecule has 0 spiro atoms. The predicted molar refractivity (Wildman–Crippen MR) is 121 cm³/mol. The summed E-state index contributed by atoms with van der Waals surface area (Å²) in [6, 6.07) is 12.2. The number of carbonyl (C=O) groups excluding carboxylic acids is 1. The number of nitrogens with zero attached hydrogens (tertiary/aromatic N) is 1. The van der Waals surface area contributed by atoms with Crippen LogP contribution in [-0.2, 0) is 4.79 Å². The Balaban J connectivity index is 1.60. The van der Waals surface area contributed by atoms with Gasteiger partial charge in [0.15, 0.2) is 11.5 Å². The van der Waals surface area contributed by atoms with Gasteiger partial charge in [-0.3, -0.25) is 9.69 Å². The van der Waals surface area contributed by atoms with E-state index in [0.29, 0.717) is 29.4 Å². The molecule has 2 aliphatic rings. The number of anilines is 1. The average Bonchev–Trinajstić information content (AvgIpc) is 2.76. The highest BCUT2D eigenvalue weighted by Gasteiger charge is 2.49. The summed E-state index contributed by atoms with van der Waals surface area (Å²) in [6.45, 7) is 0.831. The molecule has 2 aromatic rings. The van der Waals surface area contributed by atoms with Crippen molar-refractivity contribution in [3.63, 3.8) is 0 Å². The first kappa shape index (κ1) is 21.9. The Morgan fingerprint density at radius 3 is 2.74 bits per heavy atom. The largest absolute Gasteiger partial charge is 0.504 e. The minimum Gasteiger partial charge on any atom is -0.504 e. The fraction of sp³-hybridized carbons (Fsp3) is 0.458. The van der Waals surface area contributed by atoms with E-state index in [1.165, 1.54) is 7.11 Å². The maximum atomic E-state index is 12.8. The van der Waals surface area contributed by atoms with E-state index in [-0.39, 0.29) is 30.2 Å². The van der Waals surface area contributed by atoms with Gasteiger partial charge in [0.2, 0.25) is 5.91 Å². The van der Waals surface area contributed by atoms with Gasteiger partial charge < -0.3 is 20.3 Å². The summed E-state index contributed by atoms with van der Waals surface area (Å²) in [4.78, 5) is 15.0. The second kappa shape index (κ2) is 9.07. The highest BCUT2D eigenvalue weighted by atomic mass is 35.5. The lowest BCUT2D eigenvalue weighted by atomic mass is 9.66. The number of benzene rings is 2. The highest BCUT2D eigenvalue weighted by Crippen LogP contribution is 2.50. The Bertz CT molecular complexity index is 936. The monoisotopic (exact) mass is 444 g/mol. The number of amides is 1. The fourth-order valence-corrected chi connectivity index (χ4v) is 5.29. The standard InChI is InChI=1S/C24H29ClN2O4/c1-31-21-14-16(5-10-20(21)28)23-19-4-2-3-11-24(19,30)12-13-27(23)15-22(29)26-18-8-6-17(25)7-9-18/h5-10,14,19,23,28,30H,2-4,11-13,15H2,1H3,(H,26,29)/t19-,23+,24+/m0/s1. The molecule has 2 fully saturated rings. The molecule has 1 amide bonds. The summed E-state index contributed by atoms with van der Waals surface area (Å²) in [7, 11) is 1.52. The Morgan fingerprint density at radius 1 is 1.23 bits per heavy atom. The molecule has 6 nitrogen and oxygen atoms in total. The number of nitrogens with one attached hydrogen (secondary N) is 1. The van der Waals surface area contributed by atoms with Gasteiger partial charge >= 0.3 is 0 Å². The predicted octanol–water partition coefficient (Wildman–Crippen LogP) is 4.36. The zero-order valence-electron chi connectivity index (χ0n) is 17.7. The van der Waals surface area contributed by atoms with Crippen LogP contribution in [0.3, 0.4) is 0 Å². The van der Waals surface area contributed by atoms with Crippen LogP contribution in [0.15, 0.2) is 42.5 Å². The first-order chi connectivity index (χ1) is 14.9. The Labute approximate surface area is 187 Å². The number of piperidine rings is 1. The smallest absolute Gasteiger partial charge is 0.238 e. The number of ether oxygens (including phenoxy) is 1. The zero-order valence-corrected chi connectivity index (χ0v) is 18.4. The third kappa shape index (κ3) is 4.66. The van der Waals surface area contributed by atoms with Gasteiger partial charge in [-0.15, -0.1) is 0 Å². The SMILES string of the molecule is COc1cc([C@@H]2[C@@H]3CCCC[C@@]3(O)CCN2CC(=O)Nc2ccc(Cl)cc2)ccc1O. The maximum absolute atomic E-state index is 12.8. The van der Waals surface area contributed by atoms with Crippen LogP contribution in [0.4, 0.5) is 5.69 Å². The van der Waals surface area contributed by atoms with E-state index in [4.69, 9.17) is 16.3 Å². The van der Waals surface area contributed by atoms with Gasteiger partial charge in [-0.25, -0.2) is 0 Å². The zero-order chi connectivity index (χ0) is 22.0. The number of phenols is 1. The Morgan fingerprint density at radius 2 is 2.00 bits per heavy atom. The van der Waals surface area contributed by atoms with E-state index in [9.17, 15) is 15.0 Å². The lowest BCUT2D eigenvalue weighted by molar-refractivity contribution is -0.135. The summed E-state index contributed by atoms with van der Waals surface area (Å²) in [5, 5.41) is 25.0. The van der Waals surface area contributed by atoms with Gasteiger partial charge in [0.25, 0.3) is 0 Å². The Hall–Kier alpha value is -2.28. The number of likely N-dealkylation sites (tertiary alicyclic amines) is 1. The van der Waals surface area contributed by atoms with Crippen molar-refractivity contribution in [3.05, 3.63) is 53.1 Å². The van der Waals surface area contributed by atoms with Crippen LogP contribution in [0.1, 0.15) is 43.7 Å². The molecule has 2 aromatic carbocycles. The normalized spacial score (nSPS) is 26.2. The molecule has 3 atom stereocenters. The van der Waals surface area contributed by atoms with Gasteiger partial charge in [-0.1, -0.05) is 30.5 Å². The lowest BCUT2D eigenvalue weighted by Gasteiger charge is -2.52. The second-order valence-electron chi connectivity index (χ2n) is 8.61. The van der Waals surface area contributed by atoms with Crippen LogP contribution in [-0.4, -0.2) is 46.8 Å². The number of hydrogen-bond acceptors (Lipinski definition) is 5. The summed E-state index contributed by atoms with van der Waals surface area (Å²) in [5.41, 5.74) is 0.916. The van der Waals surface area contributed by atoms with Crippen molar-refractivity contribution in [2.24, 2.45) is 5.92 Å². The topological polar surface area (TPSA) is 82.0 Å². The molecule has 0 aromatic heterocycles. The molecule has 1 aliphatic carbocycles. The summed E-state index contributed by atoms with van der Waals surface area (Å²) >= 11 is 5.93. The molecule has 31 heavy (non-hydrogen) atoms. The van der Waals surface area contributed by atoms with Crippen molar-refractivity contribution in [2.75, 3.05) is 25.5 Å². The van der Waals surface area contributed by atoms with Crippen molar-refractivity contribution in [1.82, 2.24) is 4.90 Å². The van der Waals surface area contributed by atoms with Crippen LogP contribution in [0, 0.1) is 5.92 Å². The fourth-order valence-electron chi connectivity index (χ4n) is 5.16. The van der Waals surface area contributed by atoms with E-state index < -0.39 is 5.60 Å². The van der Waals surface area contributed by atoms with Crippen molar-refractivity contribution >= 4 is 23.2 Å². The van der Waals surface area contributed by atoms with Crippen LogP contribution >= 0.6 is 11.6 Å². The number of rotatable bonds is 5. The summed E-state index contributed by atoms with van der Waals surface area (Å²) in [6.07, 6.45) is 4.42. The number of fused-ring (bicyclic) bond motifs is 1. The molecule has 0 radical (unpaired) electrons. The Kier molecular flexibility index (Phi) is 6.42. The molecular weight excluding hydrogens is 416 g/mol. The summed E-state index contributed by atoms with van der Waals surface area (Å²) < 4.78 is 5.32. The van der Waals surface area contributed by atoms with Gasteiger partial charge in [0, 0.05) is 29.2 Å². The number of carbonyl (C=O) groups is 1. The van der Waals surface area contributed by atoms with E-state index in [1.54, 1.807) is 30.3 Å². The maximum Gasteiger partial charge on any atom is 0.238 e. The number of methoxy groups -OCH3 is 1. The van der Waals surface area contributed by atoms with E-state index >= 15 is 0 Å². The molecule has 1 saturated carbocycles. The first-order valence-electron chi connectivity index (χ1n) is 10.8. The number of halogens is 1. The minimum absolute atomic E-state index is 0.0209. The molecule has 3 N–H and O–H groups in total. The van der Waals surface area contributed by atoms with E-state index in [2.05, 4.69) is 10.2 Å². The van der Waals surface area contributed by atoms with Gasteiger partial charge in [-0.2, -0.15) is 0 Å². The van der Waals surface area contributed by atoms with Gasteiger partial charge in [0.1, 0.15) is 0 Å². The molecule has 0 unspecified atom stereocenters. The second-order valence-corrected chi connectivity index (χ2v) is 9.04. The number of phenolic OH excluding ortho intramolecular Hbond substituents is 1. The molecule has 4 rings (SSSR count). The molecule has 1 saturated heterocycles. The van der Waals surface area contributed by atoms with Crippen LogP contribution in [0.2, 0.25) is 5.02 Å². The van der Waals surface area contributed by atoms with Gasteiger partial charge in [-0.05, 0) is 61.2 Å². The number of aliphatic hydroxyl groups is 1. The third-order valence-electron chi connectivity index (χ3n) is 6.69. The number of aromatic hydroxyl groups is 1. The highest BCUT2D eigenvalue weighted by molar-refractivity contribution is 6.30. The van der Waals surface area contributed by atoms with Crippen LogP contribution < -0.4 is 10.1 Å². The van der Waals surface area contributed by atoms with Crippen LogP contribution in [0.25, 0.3) is 0 Å².